The predicted octanol–water partition coefficient (Wildman–Crippen LogP) is 5.01. The van der Waals surface area contributed by atoms with Crippen molar-refractivity contribution in [1.82, 2.24) is 15.5 Å². The molecule has 1 aromatic heterocycles. The number of fused-ring (bicyclic) bond motifs is 1. The van der Waals surface area contributed by atoms with Gasteiger partial charge < -0.3 is 9.84 Å². The van der Waals surface area contributed by atoms with Crippen molar-refractivity contribution in [3.05, 3.63) is 58.7 Å². The van der Waals surface area contributed by atoms with E-state index in [1.807, 2.05) is 6.07 Å². The Balaban J connectivity index is 1.69. The average Bonchev–Trinajstić information content (AvgIpc) is 3.24. The van der Waals surface area contributed by atoms with Gasteiger partial charge in [-0.2, -0.15) is 4.98 Å². The average molecular weight is 347 g/mol. The van der Waals surface area contributed by atoms with Gasteiger partial charge in [0.2, 0.25) is 5.82 Å². The molecule has 1 aliphatic carbocycles. The molecule has 0 spiro atoms. The summed E-state index contributed by atoms with van der Waals surface area (Å²) in [6.45, 7) is 8.59. The van der Waals surface area contributed by atoms with E-state index in [1.54, 1.807) is 0 Å². The summed E-state index contributed by atoms with van der Waals surface area (Å²) in [5.74, 6) is 1.26. The van der Waals surface area contributed by atoms with Gasteiger partial charge >= 0.3 is 0 Å². The lowest BCUT2D eigenvalue weighted by atomic mass is 10.0. The van der Waals surface area contributed by atoms with Crippen LogP contribution in [0.4, 0.5) is 0 Å². The molecule has 1 aliphatic rings. The summed E-state index contributed by atoms with van der Waals surface area (Å²) in [5.41, 5.74) is 7.27. The van der Waals surface area contributed by atoms with E-state index in [9.17, 15) is 0 Å². The highest BCUT2D eigenvalue weighted by Gasteiger charge is 2.26. The highest BCUT2D eigenvalue weighted by atomic mass is 16.5. The molecule has 0 saturated carbocycles. The third-order valence-corrected chi connectivity index (χ3v) is 5.23. The van der Waals surface area contributed by atoms with E-state index in [-0.39, 0.29) is 0 Å². The number of aromatic nitrogens is 2. The number of rotatable bonds is 4. The van der Waals surface area contributed by atoms with Crippen molar-refractivity contribution >= 4 is 0 Å². The minimum Gasteiger partial charge on any atom is -0.334 e. The first-order chi connectivity index (χ1) is 12.5. The first-order valence-electron chi connectivity index (χ1n) is 9.32. The fourth-order valence-corrected chi connectivity index (χ4v) is 3.76. The molecule has 0 fully saturated rings. The molecule has 0 saturated heterocycles. The maximum Gasteiger partial charge on any atom is 0.258 e. The Hall–Kier alpha value is -2.46. The number of nitrogens with one attached hydrogen (secondary N) is 1. The van der Waals surface area contributed by atoms with Crippen LogP contribution in [0.1, 0.15) is 48.6 Å². The van der Waals surface area contributed by atoms with Crippen LogP contribution in [-0.2, 0) is 6.42 Å². The van der Waals surface area contributed by atoms with E-state index >= 15 is 0 Å². The molecule has 134 valence electrons. The summed E-state index contributed by atoms with van der Waals surface area (Å²) in [4.78, 5) is 4.69. The van der Waals surface area contributed by atoms with Gasteiger partial charge in [-0.25, -0.2) is 0 Å². The Morgan fingerprint density at radius 3 is 2.73 bits per heavy atom. The van der Waals surface area contributed by atoms with E-state index < -0.39 is 0 Å². The topological polar surface area (TPSA) is 51.0 Å². The monoisotopic (exact) mass is 347 g/mol. The van der Waals surface area contributed by atoms with Gasteiger partial charge in [0.15, 0.2) is 0 Å². The van der Waals surface area contributed by atoms with Crippen molar-refractivity contribution in [1.29, 1.82) is 0 Å². The molecule has 1 N–H and O–H groups in total. The predicted molar refractivity (Wildman–Crippen MR) is 104 cm³/mol. The summed E-state index contributed by atoms with van der Waals surface area (Å²) in [6.07, 6.45) is 2.16. The van der Waals surface area contributed by atoms with Crippen LogP contribution in [-0.4, -0.2) is 16.2 Å². The van der Waals surface area contributed by atoms with Crippen molar-refractivity contribution in [2.24, 2.45) is 0 Å². The molecule has 4 rings (SSSR count). The Morgan fingerprint density at radius 2 is 1.96 bits per heavy atom. The van der Waals surface area contributed by atoms with Gasteiger partial charge in [0.25, 0.3) is 5.89 Å². The zero-order valence-electron chi connectivity index (χ0n) is 15.8. The van der Waals surface area contributed by atoms with Gasteiger partial charge in [-0.1, -0.05) is 43.3 Å². The van der Waals surface area contributed by atoms with Gasteiger partial charge in [0.05, 0.1) is 0 Å². The number of hydrogen-bond acceptors (Lipinski definition) is 4. The van der Waals surface area contributed by atoms with Crippen LogP contribution in [0.2, 0.25) is 0 Å². The van der Waals surface area contributed by atoms with Crippen LogP contribution in [0.3, 0.4) is 0 Å². The van der Waals surface area contributed by atoms with Crippen LogP contribution < -0.4 is 5.32 Å². The maximum atomic E-state index is 5.57. The highest BCUT2D eigenvalue weighted by molar-refractivity contribution is 5.66. The quantitative estimate of drug-likeness (QED) is 0.721. The number of aryl methyl sites for hydroxylation is 2. The Labute approximate surface area is 154 Å². The van der Waals surface area contributed by atoms with Crippen LogP contribution in [0.25, 0.3) is 22.8 Å². The molecule has 0 radical (unpaired) electrons. The van der Waals surface area contributed by atoms with E-state index in [1.165, 1.54) is 22.3 Å². The Morgan fingerprint density at radius 1 is 1.12 bits per heavy atom. The largest absolute Gasteiger partial charge is 0.334 e. The van der Waals surface area contributed by atoms with Crippen LogP contribution >= 0.6 is 0 Å². The summed E-state index contributed by atoms with van der Waals surface area (Å²) >= 11 is 0. The molecule has 2 aromatic carbocycles. The Bertz CT molecular complexity index is 942. The molecule has 4 heteroatoms. The van der Waals surface area contributed by atoms with Crippen LogP contribution in [0, 0.1) is 13.8 Å². The second-order valence-electron chi connectivity index (χ2n) is 7.51. The maximum absolute atomic E-state index is 5.57. The Kier molecular flexibility index (Phi) is 4.37. The lowest BCUT2D eigenvalue weighted by molar-refractivity contribution is 0.432. The van der Waals surface area contributed by atoms with E-state index in [0.717, 1.165) is 24.0 Å². The standard InChI is InChI=1S/C22H25N3O/c1-13(2)23-20-11-10-17-18(20)6-5-7-19(17)21-24-22(26-25-21)16-9-8-14(3)15(4)12-16/h5-9,12-13,20,23H,10-11H2,1-4H3. The van der Waals surface area contributed by atoms with E-state index in [2.05, 4.69) is 73.5 Å². The van der Waals surface area contributed by atoms with Gasteiger partial charge in [-0.15, -0.1) is 0 Å². The highest BCUT2D eigenvalue weighted by Crippen LogP contribution is 2.37. The van der Waals surface area contributed by atoms with Gasteiger partial charge in [0.1, 0.15) is 0 Å². The first kappa shape index (κ1) is 17.0. The molecule has 0 bridgehead atoms. The molecule has 4 nitrogen and oxygen atoms in total. The van der Waals surface area contributed by atoms with Gasteiger partial charge in [0, 0.05) is 23.2 Å². The minimum atomic E-state index is 0.413. The second-order valence-corrected chi connectivity index (χ2v) is 7.51. The molecular weight excluding hydrogens is 322 g/mol. The molecule has 26 heavy (non-hydrogen) atoms. The molecule has 1 atom stereocenters. The van der Waals surface area contributed by atoms with Crippen LogP contribution in [0.5, 0.6) is 0 Å². The molecule has 0 amide bonds. The van der Waals surface area contributed by atoms with E-state index in [0.29, 0.717) is 23.8 Å². The van der Waals surface area contributed by atoms with Crippen molar-refractivity contribution in [3.63, 3.8) is 0 Å². The summed E-state index contributed by atoms with van der Waals surface area (Å²) in [7, 11) is 0. The zero-order valence-corrected chi connectivity index (χ0v) is 15.8. The normalized spacial score (nSPS) is 16.3. The lowest BCUT2D eigenvalue weighted by Crippen LogP contribution is -2.26. The third kappa shape index (κ3) is 3.06. The van der Waals surface area contributed by atoms with Crippen molar-refractivity contribution in [3.8, 4) is 22.8 Å². The van der Waals surface area contributed by atoms with Crippen molar-refractivity contribution in [2.75, 3.05) is 0 Å². The fraction of sp³-hybridized carbons (Fsp3) is 0.364. The van der Waals surface area contributed by atoms with Gasteiger partial charge in [-0.05, 0) is 61.1 Å². The third-order valence-electron chi connectivity index (χ3n) is 5.23. The summed E-state index contributed by atoms with van der Waals surface area (Å²) in [5, 5.41) is 7.93. The molecule has 0 aliphatic heterocycles. The molecule has 1 unspecified atom stereocenters. The number of benzene rings is 2. The summed E-state index contributed by atoms with van der Waals surface area (Å²) in [6, 6.07) is 13.5. The first-order valence-corrected chi connectivity index (χ1v) is 9.32. The molecule has 3 aromatic rings. The number of hydrogen-bond donors (Lipinski definition) is 1. The lowest BCUT2D eigenvalue weighted by Gasteiger charge is -2.17. The molecular formula is C22H25N3O. The SMILES string of the molecule is Cc1ccc(-c2nc(-c3cccc4c3CCC4NC(C)C)no2)cc1C. The van der Waals surface area contributed by atoms with Crippen molar-refractivity contribution in [2.45, 2.75) is 52.6 Å². The zero-order chi connectivity index (χ0) is 18.3. The second kappa shape index (κ2) is 6.69. The summed E-state index contributed by atoms with van der Waals surface area (Å²) < 4.78 is 5.57. The fourth-order valence-electron chi connectivity index (χ4n) is 3.76. The minimum absolute atomic E-state index is 0.413. The smallest absolute Gasteiger partial charge is 0.258 e. The van der Waals surface area contributed by atoms with Crippen LogP contribution in [0.15, 0.2) is 40.9 Å². The van der Waals surface area contributed by atoms with Crippen molar-refractivity contribution < 1.29 is 4.52 Å². The number of nitrogens with zero attached hydrogens (tertiary/aromatic N) is 2. The molecule has 1 heterocycles. The van der Waals surface area contributed by atoms with E-state index in [4.69, 9.17) is 4.52 Å². The van der Waals surface area contributed by atoms with Gasteiger partial charge in [-0.3, -0.25) is 0 Å².